The number of aliphatic hydroxyl groups excluding tert-OH is 1. The lowest BCUT2D eigenvalue weighted by Gasteiger charge is -2.17. The van der Waals surface area contributed by atoms with Gasteiger partial charge < -0.3 is 9.84 Å². The van der Waals surface area contributed by atoms with Crippen LogP contribution in [0.4, 0.5) is 0 Å². The van der Waals surface area contributed by atoms with Crippen molar-refractivity contribution in [2.45, 2.75) is 19.8 Å². The van der Waals surface area contributed by atoms with Crippen molar-refractivity contribution in [2.75, 3.05) is 13.7 Å². The minimum absolute atomic E-state index is 0.00245. The molecule has 78 valence electrons. The van der Waals surface area contributed by atoms with Crippen molar-refractivity contribution in [3.05, 3.63) is 28.3 Å². The van der Waals surface area contributed by atoms with Crippen LogP contribution >= 0.6 is 11.6 Å². The molecule has 0 spiro atoms. The number of rotatable bonds is 3. The second-order valence-electron chi connectivity index (χ2n) is 3.39. The highest BCUT2D eigenvalue weighted by molar-refractivity contribution is 6.31. The maximum Gasteiger partial charge on any atom is 0.126 e. The Kier molecular flexibility index (Phi) is 3.78. The van der Waals surface area contributed by atoms with Crippen molar-refractivity contribution < 1.29 is 9.84 Å². The molecule has 0 saturated carbocycles. The fourth-order valence-electron chi connectivity index (χ4n) is 1.51. The van der Waals surface area contributed by atoms with Gasteiger partial charge >= 0.3 is 0 Å². The summed E-state index contributed by atoms with van der Waals surface area (Å²) in [6, 6.07) is 3.75. The quantitative estimate of drug-likeness (QED) is 0.839. The van der Waals surface area contributed by atoms with Crippen LogP contribution in [0.1, 0.15) is 24.0 Å². The van der Waals surface area contributed by atoms with E-state index < -0.39 is 0 Å². The van der Waals surface area contributed by atoms with Crippen LogP contribution in [-0.4, -0.2) is 18.8 Å². The van der Waals surface area contributed by atoms with Gasteiger partial charge in [0.2, 0.25) is 0 Å². The Bertz CT molecular complexity index is 323. The van der Waals surface area contributed by atoms with E-state index in [4.69, 9.17) is 21.4 Å². The number of halogens is 1. The molecule has 0 saturated heterocycles. The molecular weight excluding hydrogens is 200 g/mol. The first-order chi connectivity index (χ1) is 6.61. The Labute approximate surface area is 89.5 Å². The van der Waals surface area contributed by atoms with Crippen molar-refractivity contribution in [2.24, 2.45) is 0 Å². The summed E-state index contributed by atoms with van der Waals surface area (Å²) in [5, 5.41) is 9.76. The zero-order valence-electron chi connectivity index (χ0n) is 8.67. The van der Waals surface area contributed by atoms with Crippen LogP contribution in [0.5, 0.6) is 5.75 Å². The van der Waals surface area contributed by atoms with Crippen molar-refractivity contribution in [1.82, 2.24) is 0 Å². The minimum Gasteiger partial charge on any atom is -0.496 e. The average Bonchev–Trinajstić information content (AvgIpc) is 2.19. The zero-order valence-corrected chi connectivity index (χ0v) is 9.43. The molecule has 1 unspecified atom stereocenters. The van der Waals surface area contributed by atoms with E-state index in [0.29, 0.717) is 5.02 Å². The predicted molar refractivity (Wildman–Crippen MR) is 58.2 cm³/mol. The van der Waals surface area contributed by atoms with Gasteiger partial charge in [0.1, 0.15) is 5.75 Å². The molecule has 1 aromatic carbocycles. The molecule has 0 fully saturated rings. The third-order valence-corrected chi connectivity index (χ3v) is 2.64. The molecule has 0 radical (unpaired) electrons. The van der Waals surface area contributed by atoms with E-state index in [0.717, 1.165) is 16.9 Å². The summed E-state index contributed by atoms with van der Waals surface area (Å²) >= 11 is 6.06. The first-order valence-electron chi connectivity index (χ1n) is 4.55. The molecule has 0 aliphatic heterocycles. The topological polar surface area (TPSA) is 29.5 Å². The second kappa shape index (κ2) is 4.67. The van der Waals surface area contributed by atoms with Gasteiger partial charge in [-0.05, 0) is 18.6 Å². The summed E-state index contributed by atoms with van der Waals surface area (Å²) in [5.74, 6) is 0.774. The Morgan fingerprint density at radius 3 is 2.64 bits per heavy atom. The predicted octanol–water partition coefficient (Wildman–Crippen LogP) is 2.75. The van der Waals surface area contributed by atoms with Gasteiger partial charge in [0.05, 0.1) is 7.11 Å². The fourth-order valence-corrected chi connectivity index (χ4v) is 1.84. The van der Waals surface area contributed by atoms with Crippen LogP contribution in [0.25, 0.3) is 0 Å². The average molecular weight is 215 g/mol. The maximum absolute atomic E-state index is 9.11. The summed E-state index contributed by atoms with van der Waals surface area (Å²) in [7, 11) is 1.62. The summed E-state index contributed by atoms with van der Waals surface area (Å²) < 4.78 is 5.28. The monoisotopic (exact) mass is 214 g/mol. The standard InChI is InChI=1S/C11H15ClO2/c1-7-4-5-9(12)10(8(2)6-13)11(7)14-3/h4-5,8,13H,6H2,1-3H3. The molecule has 2 nitrogen and oxygen atoms in total. The third-order valence-electron chi connectivity index (χ3n) is 2.31. The van der Waals surface area contributed by atoms with E-state index in [1.54, 1.807) is 7.11 Å². The maximum atomic E-state index is 9.11. The number of aryl methyl sites for hydroxylation is 1. The highest BCUT2D eigenvalue weighted by atomic mass is 35.5. The van der Waals surface area contributed by atoms with E-state index >= 15 is 0 Å². The lowest BCUT2D eigenvalue weighted by atomic mass is 9.98. The lowest BCUT2D eigenvalue weighted by molar-refractivity contribution is 0.269. The van der Waals surface area contributed by atoms with E-state index in [1.807, 2.05) is 26.0 Å². The SMILES string of the molecule is COc1c(C)ccc(Cl)c1C(C)CO. The van der Waals surface area contributed by atoms with E-state index in [9.17, 15) is 0 Å². The van der Waals surface area contributed by atoms with Gasteiger partial charge in [-0.1, -0.05) is 24.6 Å². The van der Waals surface area contributed by atoms with Crippen molar-refractivity contribution in [3.63, 3.8) is 0 Å². The largest absolute Gasteiger partial charge is 0.496 e. The fraction of sp³-hybridized carbons (Fsp3) is 0.455. The van der Waals surface area contributed by atoms with Crippen LogP contribution in [0.2, 0.25) is 5.02 Å². The number of hydrogen-bond acceptors (Lipinski definition) is 2. The van der Waals surface area contributed by atoms with Crippen LogP contribution < -0.4 is 4.74 Å². The number of methoxy groups -OCH3 is 1. The molecular formula is C11H15ClO2. The van der Waals surface area contributed by atoms with Crippen LogP contribution in [-0.2, 0) is 0 Å². The summed E-state index contributed by atoms with van der Waals surface area (Å²) in [6.07, 6.45) is 0. The van der Waals surface area contributed by atoms with Crippen LogP contribution in [0.15, 0.2) is 12.1 Å². The molecule has 1 rings (SSSR count). The first-order valence-corrected chi connectivity index (χ1v) is 4.93. The molecule has 0 aliphatic rings. The van der Waals surface area contributed by atoms with Gasteiger partial charge in [0.15, 0.2) is 0 Å². The third kappa shape index (κ3) is 2.02. The molecule has 0 heterocycles. The molecule has 0 aliphatic carbocycles. The van der Waals surface area contributed by atoms with Crippen molar-refractivity contribution in [3.8, 4) is 5.75 Å². The summed E-state index contributed by atoms with van der Waals surface area (Å²) in [5.41, 5.74) is 1.92. The molecule has 0 bridgehead atoms. The van der Waals surface area contributed by atoms with Gasteiger partial charge in [-0.2, -0.15) is 0 Å². The van der Waals surface area contributed by atoms with Gasteiger partial charge in [-0.3, -0.25) is 0 Å². The Hall–Kier alpha value is -0.730. The highest BCUT2D eigenvalue weighted by Crippen LogP contribution is 2.35. The van der Waals surface area contributed by atoms with Crippen LogP contribution in [0.3, 0.4) is 0 Å². The van der Waals surface area contributed by atoms with E-state index in [2.05, 4.69) is 0 Å². The molecule has 1 N–H and O–H groups in total. The Morgan fingerprint density at radius 1 is 1.50 bits per heavy atom. The first kappa shape index (κ1) is 11.3. The number of hydrogen-bond donors (Lipinski definition) is 1. The second-order valence-corrected chi connectivity index (χ2v) is 3.80. The van der Waals surface area contributed by atoms with Crippen molar-refractivity contribution >= 4 is 11.6 Å². The van der Waals surface area contributed by atoms with Crippen molar-refractivity contribution in [1.29, 1.82) is 0 Å². The Balaban J connectivity index is 3.29. The summed E-state index contributed by atoms with van der Waals surface area (Å²) in [6.45, 7) is 3.95. The van der Waals surface area contributed by atoms with E-state index in [1.165, 1.54) is 0 Å². The molecule has 1 aromatic rings. The smallest absolute Gasteiger partial charge is 0.126 e. The van der Waals surface area contributed by atoms with E-state index in [-0.39, 0.29) is 12.5 Å². The molecule has 0 amide bonds. The highest BCUT2D eigenvalue weighted by Gasteiger charge is 2.16. The molecule has 3 heteroatoms. The molecule has 14 heavy (non-hydrogen) atoms. The Morgan fingerprint density at radius 2 is 2.14 bits per heavy atom. The molecule has 0 aromatic heterocycles. The van der Waals surface area contributed by atoms with Gasteiger partial charge in [-0.15, -0.1) is 0 Å². The molecule has 1 atom stereocenters. The van der Waals surface area contributed by atoms with Gasteiger partial charge in [-0.25, -0.2) is 0 Å². The lowest BCUT2D eigenvalue weighted by Crippen LogP contribution is -2.04. The number of ether oxygens (including phenoxy) is 1. The van der Waals surface area contributed by atoms with Crippen LogP contribution in [0, 0.1) is 6.92 Å². The van der Waals surface area contributed by atoms with Gasteiger partial charge in [0, 0.05) is 23.1 Å². The zero-order chi connectivity index (χ0) is 10.7. The number of benzene rings is 1. The number of aliphatic hydroxyl groups is 1. The normalized spacial score (nSPS) is 12.6. The summed E-state index contributed by atoms with van der Waals surface area (Å²) in [4.78, 5) is 0. The van der Waals surface area contributed by atoms with Gasteiger partial charge in [0.25, 0.3) is 0 Å². The minimum atomic E-state index is -0.00245.